The Labute approximate surface area is 224 Å². The van der Waals surface area contributed by atoms with Crippen LogP contribution in [0.1, 0.15) is 48.9 Å². The number of piperidine rings is 1. The summed E-state index contributed by atoms with van der Waals surface area (Å²) in [5, 5.41) is 0. The number of fused-ring (bicyclic) bond motifs is 1. The lowest BCUT2D eigenvalue weighted by atomic mass is 9.93. The molecule has 5 rings (SSSR count). The molecule has 1 unspecified atom stereocenters. The van der Waals surface area contributed by atoms with Gasteiger partial charge >= 0.3 is 6.61 Å². The number of pyridine rings is 3. The number of carbonyl (C=O) groups is 1. The largest absolute Gasteiger partial charge is 0.481 e. The Morgan fingerprint density at radius 3 is 2.77 bits per heavy atom. The van der Waals surface area contributed by atoms with Crippen LogP contribution in [-0.4, -0.2) is 52.1 Å². The van der Waals surface area contributed by atoms with Crippen molar-refractivity contribution in [3.8, 4) is 23.0 Å². The van der Waals surface area contributed by atoms with Gasteiger partial charge in [-0.3, -0.25) is 4.79 Å². The number of halogens is 3. The maximum Gasteiger partial charge on any atom is 0.388 e. The first-order chi connectivity index (χ1) is 18.6. The van der Waals surface area contributed by atoms with Crippen molar-refractivity contribution in [3.05, 3.63) is 59.2 Å². The molecule has 39 heavy (non-hydrogen) atoms. The molecule has 3 aromatic heterocycles. The van der Waals surface area contributed by atoms with Crippen molar-refractivity contribution < 1.29 is 27.4 Å². The highest BCUT2D eigenvalue weighted by Crippen LogP contribution is 2.60. The molecule has 11 heteroatoms. The van der Waals surface area contributed by atoms with Gasteiger partial charge in [0.25, 0.3) is 0 Å². The first-order valence-electron chi connectivity index (χ1n) is 12.8. The van der Waals surface area contributed by atoms with Gasteiger partial charge in [-0.05, 0) is 62.6 Å². The summed E-state index contributed by atoms with van der Waals surface area (Å²) >= 11 is 0. The second kappa shape index (κ2) is 10.3. The monoisotopic (exact) mass is 541 g/mol. The molecule has 1 aliphatic carbocycles. The van der Waals surface area contributed by atoms with Crippen molar-refractivity contribution in [1.29, 1.82) is 0 Å². The molecule has 0 aromatic carbocycles. The lowest BCUT2D eigenvalue weighted by molar-refractivity contribution is -0.132. The summed E-state index contributed by atoms with van der Waals surface area (Å²) in [6.45, 7) is 1.15. The van der Waals surface area contributed by atoms with Crippen LogP contribution in [0.2, 0.25) is 0 Å². The number of anilines is 1. The minimum absolute atomic E-state index is 0.00931. The molecule has 3 atom stereocenters. The number of aromatic nitrogens is 3. The summed E-state index contributed by atoms with van der Waals surface area (Å²) in [6, 6.07) is 8.16. The fourth-order valence-corrected chi connectivity index (χ4v) is 5.68. The minimum atomic E-state index is -2.97. The molecular weight excluding hydrogens is 511 g/mol. The Kier molecular flexibility index (Phi) is 7.09. The summed E-state index contributed by atoms with van der Waals surface area (Å²) in [5.74, 6) is -0.795. The molecule has 1 aliphatic heterocycles. The predicted molar refractivity (Wildman–Crippen MR) is 138 cm³/mol. The van der Waals surface area contributed by atoms with Crippen molar-refractivity contribution in [2.24, 2.45) is 5.41 Å². The van der Waals surface area contributed by atoms with E-state index >= 15 is 0 Å². The summed E-state index contributed by atoms with van der Waals surface area (Å²) in [4.78, 5) is 27.7. The summed E-state index contributed by atoms with van der Waals surface area (Å²) < 4.78 is 49.3. The zero-order valence-electron chi connectivity index (χ0n) is 22.0. The summed E-state index contributed by atoms with van der Waals surface area (Å²) in [6.07, 6.45) is 4.27. The minimum Gasteiger partial charge on any atom is -0.481 e. The van der Waals surface area contributed by atoms with Gasteiger partial charge < -0.3 is 20.1 Å². The molecule has 2 fully saturated rings. The number of methoxy groups -OCH3 is 1. The number of alkyl halides is 2. The molecule has 1 saturated carbocycles. The third-order valence-electron chi connectivity index (χ3n) is 7.99. The van der Waals surface area contributed by atoms with Gasteiger partial charge in [-0.1, -0.05) is 6.07 Å². The number of ether oxygens (including phenoxy) is 2. The standard InChI is InChI=1S/C28H30F3N5O3/c1-15(18-12-24(38-3)33-14-20(18)29)26(37)36-10-9-28(13-22(28)36)8-7-17-11-19(16(2)34-25(17)32)21-5-4-6-23(35-21)39-27(30)31/h4-6,11-12,14-15,22,27H,7-10,13H2,1-3H3,(H2,32,34)/t15-,22?,28-/m1/s1. The molecule has 0 radical (unpaired) electrons. The van der Waals surface area contributed by atoms with Crippen molar-refractivity contribution in [3.63, 3.8) is 0 Å². The molecule has 0 spiro atoms. The van der Waals surface area contributed by atoms with Crippen molar-refractivity contribution in [2.45, 2.75) is 58.1 Å². The third-order valence-corrected chi connectivity index (χ3v) is 7.99. The molecule has 206 valence electrons. The van der Waals surface area contributed by atoms with Crippen LogP contribution >= 0.6 is 0 Å². The van der Waals surface area contributed by atoms with Crippen LogP contribution < -0.4 is 15.2 Å². The first-order valence-corrected chi connectivity index (χ1v) is 12.8. The normalized spacial score (nSPS) is 20.6. The molecular formula is C28H30F3N5O3. The van der Waals surface area contributed by atoms with Crippen LogP contribution in [0.5, 0.6) is 11.8 Å². The molecule has 1 amide bonds. The second-order valence-electron chi connectivity index (χ2n) is 10.2. The van der Waals surface area contributed by atoms with Gasteiger partial charge in [0.05, 0.1) is 24.9 Å². The van der Waals surface area contributed by atoms with Crippen molar-refractivity contribution >= 4 is 11.7 Å². The van der Waals surface area contributed by atoms with Crippen LogP contribution in [0.3, 0.4) is 0 Å². The Balaban J connectivity index is 1.28. The lowest BCUT2D eigenvalue weighted by Gasteiger charge is -2.23. The number of hydrogen-bond donors (Lipinski definition) is 1. The van der Waals surface area contributed by atoms with Crippen LogP contribution in [0.25, 0.3) is 11.3 Å². The van der Waals surface area contributed by atoms with Gasteiger partial charge in [0.1, 0.15) is 11.6 Å². The predicted octanol–water partition coefficient (Wildman–Crippen LogP) is 4.91. The van der Waals surface area contributed by atoms with E-state index in [-0.39, 0.29) is 34.7 Å². The number of carbonyl (C=O) groups excluding carboxylic acids is 1. The fourth-order valence-electron chi connectivity index (χ4n) is 5.68. The second-order valence-corrected chi connectivity index (χ2v) is 10.2. The van der Waals surface area contributed by atoms with Crippen LogP contribution in [0, 0.1) is 18.2 Å². The Morgan fingerprint density at radius 1 is 1.26 bits per heavy atom. The van der Waals surface area contributed by atoms with E-state index in [2.05, 4.69) is 19.7 Å². The van der Waals surface area contributed by atoms with Gasteiger partial charge in [0.2, 0.25) is 17.7 Å². The molecule has 2 N–H and O–H groups in total. The molecule has 1 saturated heterocycles. The van der Waals surface area contributed by atoms with E-state index in [0.717, 1.165) is 31.0 Å². The van der Waals surface area contributed by atoms with E-state index in [1.807, 2.05) is 11.0 Å². The maximum atomic E-state index is 14.4. The number of rotatable bonds is 9. The Bertz CT molecular complexity index is 1400. The summed E-state index contributed by atoms with van der Waals surface area (Å²) in [7, 11) is 1.45. The Morgan fingerprint density at radius 2 is 2.05 bits per heavy atom. The van der Waals surface area contributed by atoms with Crippen LogP contribution in [0.4, 0.5) is 19.0 Å². The number of likely N-dealkylation sites (tertiary alicyclic amines) is 1. The zero-order valence-corrected chi connectivity index (χ0v) is 22.0. The highest BCUT2D eigenvalue weighted by atomic mass is 19.3. The average Bonchev–Trinajstić information content (AvgIpc) is 3.50. The number of aryl methyl sites for hydroxylation is 2. The Hall–Kier alpha value is -3.89. The average molecular weight is 542 g/mol. The van der Waals surface area contributed by atoms with E-state index in [1.54, 1.807) is 26.0 Å². The van der Waals surface area contributed by atoms with Gasteiger partial charge in [0.15, 0.2) is 0 Å². The zero-order chi connectivity index (χ0) is 27.9. The smallest absolute Gasteiger partial charge is 0.388 e. The number of nitrogen functional groups attached to an aromatic ring is 1. The van der Waals surface area contributed by atoms with Gasteiger partial charge in [0, 0.05) is 41.5 Å². The number of amides is 1. The summed E-state index contributed by atoms with van der Waals surface area (Å²) in [5.41, 5.74) is 9.14. The molecule has 4 heterocycles. The first kappa shape index (κ1) is 26.7. The molecule has 2 aliphatic rings. The molecule has 8 nitrogen and oxygen atoms in total. The SMILES string of the molecule is COc1cc([C@@H](C)C(=O)N2CC[C@]3(CCc4cc(-c5cccc(OC(F)F)n5)c(C)nc4N)CC23)c(F)cn1. The maximum absolute atomic E-state index is 14.4. The van der Waals surface area contributed by atoms with Crippen LogP contribution in [0.15, 0.2) is 36.5 Å². The van der Waals surface area contributed by atoms with E-state index in [9.17, 15) is 18.0 Å². The van der Waals surface area contributed by atoms with E-state index in [4.69, 9.17) is 10.5 Å². The van der Waals surface area contributed by atoms with Crippen molar-refractivity contribution in [2.75, 3.05) is 19.4 Å². The number of nitrogens with two attached hydrogens (primary N) is 1. The van der Waals surface area contributed by atoms with E-state index < -0.39 is 18.3 Å². The third kappa shape index (κ3) is 5.22. The van der Waals surface area contributed by atoms with Gasteiger partial charge in [-0.25, -0.2) is 19.3 Å². The van der Waals surface area contributed by atoms with E-state index in [1.165, 1.54) is 19.2 Å². The van der Waals surface area contributed by atoms with Crippen LogP contribution in [-0.2, 0) is 11.2 Å². The highest BCUT2D eigenvalue weighted by molar-refractivity contribution is 5.84. The van der Waals surface area contributed by atoms with Gasteiger partial charge in [-0.15, -0.1) is 0 Å². The highest BCUT2D eigenvalue weighted by Gasteiger charge is 2.61. The fraction of sp³-hybridized carbons (Fsp3) is 0.429. The van der Waals surface area contributed by atoms with Gasteiger partial charge in [-0.2, -0.15) is 8.78 Å². The van der Waals surface area contributed by atoms with Crippen molar-refractivity contribution in [1.82, 2.24) is 19.9 Å². The molecule has 0 bridgehead atoms. The number of nitrogens with zero attached hydrogens (tertiary/aromatic N) is 4. The molecule has 3 aromatic rings. The topological polar surface area (TPSA) is 103 Å². The lowest BCUT2D eigenvalue weighted by Crippen LogP contribution is -2.34. The number of hydrogen-bond acceptors (Lipinski definition) is 7. The quantitative estimate of drug-likeness (QED) is 0.411. The van der Waals surface area contributed by atoms with E-state index in [0.29, 0.717) is 35.7 Å².